The van der Waals surface area contributed by atoms with Gasteiger partial charge in [0, 0.05) is 11.6 Å². The molecule has 1 aromatic carbocycles. The van der Waals surface area contributed by atoms with E-state index < -0.39 is 11.8 Å². The number of benzene rings is 1. The number of ether oxygens (including phenoxy) is 1. The van der Waals surface area contributed by atoms with Crippen LogP contribution in [-0.2, 0) is 9.59 Å². The zero-order valence-electron chi connectivity index (χ0n) is 11.6. The highest BCUT2D eigenvalue weighted by Crippen LogP contribution is 2.28. The number of para-hydroxylation sites is 1. The van der Waals surface area contributed by atoms with Crippen LogP contribution in [0.1, 0.15) is 25.3 Å². The number of rotatable bonds is 5. The van der Waals surface area contributed by atoms with E-state index in [0.717, 1.165) is 12.8 Å². The van der Waals surface area contributed by atoms with Crippen LogP contribution in [0.4, 0.5) is 0 Å². The zero-order valence-corrected chi connectivity index (χ0v) is 11.6. The molecule has 1 fully saturated rings. The Morgan fingerprint density at radius 1 is 1.43 bits per heavy atom. The highest BCUT2D eigenvalue weighted by atomic mass is 16.5. The van der Waals surface area contributed by atoms with E-state index in [1.165, 1.54) is 6.21 Å². The number of nitrogens with one attached hydrogen (secondary N) is 2. The second-order valence-corrected chi connectivity index (χ2v) is 4.57. The van der Waals surface area contributed by atoms with Gasteiger partial charge in [0.05, 0.1) is 12.8 Å². The zero-order chi connectivity index (χ0) is 15.2. The molecule has 1 saturated carbocycles. The molecule has 0 radical (unpaired) electrons. The van der Waals surface area contributed by atoms with Gasteiger partial charge in [-0.1, -0.05) is 6.07 Å². The van der Waals surface area contributed by atoms with E-state index in [-0.39, 0.29) is 11.8 Å². The summed E-state index contributed by atoms with van der Waals surface area (Å²) in [6, 6.07) is 5.03. The molecule has 0 bridgehead atoms. The molecule has 112 valence electrons. The molecule has 2 amide bonds. The molecule has 3 N–H and O–H groups in total. The van der Waals surface area contributed by atoms with E-state index in [9.17, 15) is 14.7 Å². The normalized spacial score (nSPS) is 14.0. The Labute approximate surface area is 122 Å². The van der Waals surface area contributed by atoms with Gasteiger partial charge in [-0.05, 0) is 31.9 Å². The van der Waals surface area contributed by atoms with Gasteiger partial charge >= 0.3 is 11.8 Å². The number of hydrogen-bond donors (Lipinski definition) is 3. The van der Waals surface area contributed by atoms with Crippen molar-refractivity contribution < 1.29 is 19.4 Å². The summed E-state index contributed by atoms with van der Waals surface area (Å²) in [6.45, 7) is 2.23. The number of hydrazone groups is 1. The summed E-state index contributed by atoms with van der Waals surface area (Å²) in [7, 11) is 0. The van der Waals surface area contributed by atoms with Crippen LogP contribution in [0.3, 0.4) is 0 Å². The molecule has 7 heteroatoms. The molecule has 0 saturated heterocycles. The van der Waals surface area contributed by atoms with Crippen molar-refractivity contribution in [3.63, 3.8) is 0 Å². The van der Waals surface area contributed by atoms with Gasteiger partial charge in [0.15, 0.2) is 11.5 Å². The summed E-state index contributed by atoms with van der Waals surface area (Å²) in [4.78, 5) is 22.8. The molecular formula is C14H17N3O4. The SMILES string of the molecule is CCOc1cccc(/C=N/NC(=O)C(=O)NC2CC2)c1O. The number of carbonyl (C=O) groups excluding carboxylic acids is 2. The minimum Gasteiger partial charge on any atom is -0.504 e. The van der Waals surface area contributed by atoms with Gasteiger partial charge in [-0.15, -0.1) is 0 Å². The monoisotopic (exact) mass is 291 g/mol. The van der Waals surface area contributed by atoms with Crippen LogP contribution in [-0.4, -0.2) is 35.8 Å². The highest BCUT2D eigenvalue weighted by Gasteiger charge is 2.26. The van der Waals surface area contributed by atoms with Crippen molar-refractivity contribution in [1.82, 2.24) is 10.7 Å². The number of hydrogen-bond acceptors (Lipinski definition) is 5. The second-order valence-electron chi connectivity index (χ2n) is 4.57. The van der Waals surface area contributed by atoms with Crippen molar-refractivity contribution in [3.05, 3.63) is 23.8 Å². The number of aromatic hydroxyl groups is 1. The van der Waals surface area contributed by atoms with E-state index in [0.29, 0.717) is 17.9 Å². The van der Waals surface area contributed by atoms with E-state index in [1.807, 2.05) is 0 Å². The van der Waals surface area contributed by atoms with Crippen molar-refractivity contribution in [2.45, 2.75) is 25.8 Å². The van der Waals surface area contributed by atoms with E-state index in [2.05, 4.69) is 15.8 Å². The molecule has 0 atom stereocenters. The minimum absolute atomic E-state index is 0.0696. The van der Waals surface area contributed by atoms with Crippen LogP contribution < -0.4 is 15.5 Å². The van der Waals surface area contributed by atoms with Gasteiger partial charge < -0.3 is 15.2 Å². The first kappa shape index (κ1) is 14.8. The van der Waals surface area contributed by atoms with Crippen molar-refractivity contribution in [3.8, 4) is 11.5 Å². The molecule has 1 aliphatic carbocycles. The van der Waals surface area contributed by atoms with E-state index >= 15 is 0 Å². The van der Waals surface area contributed by atoms with E-state index in [1.54, 1.807) is 25.1 Å². The number of phenols is 1. The standard InChI is InChI=1S/C14H17N3O4/c1-2-21-11-5-3-4-9(12(11)18)8-15-17-14(20)13(19)16-10-6-7-10/h3-5,8,10,18H,2,6-7H2,1H3,(H,16,19)(H,17,20)/b15-8+. The predicted octanol–water partition coefficient (Wildman–Crippen LogP) is 0.520. The highest BCUT2D eigenvalue weighted by molar-refractivity contribution is 6.35. The lowest BCUT2D eigenvalue weighted by Gasteiger charge is -2.07. The molecule has 1 aliphatic rings. The largest absolute Gasteiger partial charge is 0.504 e. The van der Waals surface area contributed by atoms with Gasteiger partial charge in [-0.25, -0.2) is 5.43 Å². The minimum atomic E-state index is -0.835. The molecule has 21 heavy (non-hydrogen) atoms. The second kappa shape index (κ2) is 6.74. The fourth-order valence-electron chi connectivity index (χ4n) is 1.61. The molecule has 0 unspecified atom stereocenters. The Hall–Kier alpha value is -2.57. The third kappa shape index (κ3) is 4.20. The first-order valence-electron chi connectivity index (χ1n) is 6.70. The summed E-state index contributed by atoms with van der Waals surface area (Å²) < 4.78 is 5.23. The first-order valence-corrected chi connectivity index (χ1v) is 6.70. The lowest BCUT2D eigenvalue weighted by molar-refractivity contribution is -0.139. The summed E-state index contributed by atoms with van der Waals surface area (Å²) in [6.07, 6.45) is 3.06. The number of nitrogens with zero attached hydrogens (tertiary/aromatic N) is 1. The molecular weight excluding hydrogens is 274 g/mol. The lowest BCUT2D eigenvalue weighted by atomic mass is 10.2. The molecule has 0 aromatic heterocycles. The third-order valence-electron chi connectivity index (χ3n) is 2.82. The quantitative estimate of drug-likeness (QED) is 0.418. The number of carbonyl (C=O) groups is 2. The van der Waals surface area contributed by atoms with Crippen LogP contribution in [0, 0.1) is 0 Å². The van der Waals surface area contributed by atoms with Crippen LogP contribution in [0.5, 0.6) is 11.5 Å². The Morgan fingerprint density at radius 2 is 2.19 bits per heavy atom. The maximum Gasteiger partial charge on any atom is 0.329 e. The van der Waals surface area contributed by atoms with Gasteiger partial charge in [-0.3, -0.25) is 9.59 Å². The van der Waals surface area contributed by atoms with Crippen molar-refractivity contribution in [2.75, 3.05) is 6.61 Å². The molecule has 0 aliphatic heterocycles. The van der Waals surface area contributed by atoms with Gasteiger partial charge in [0.25, 0.3) is 0 Å². The van der Waals surface area contributed by atoms with Gasteiger partial charge in [-0.2, -0.15) is 5.10 Å². The van der Waals surface area contributed by atoms with Crippen LogP contribution in [0.2, 0.25) is 0 Å². The predicted molar refractivity (Wildman–Crippen MR) is 76.2 cm³/mol. The molecule has 0 spiro atoms. The van der Waals surface area contributed by atoms with Crippen molar-refractivity contribution >= 4 is 18.0 Å². The maximum atomic E-state index is 11.4. The van der Waals surface area contributed by atoms with E-state index in [4.69, 9.17) is 4.74 Å². The average molecular weight is 291 g/mol. The topological polar surface area (TPSA) is 100 Å². The smallest absolute Gasteiger partial charge is 0.329 e. The Balaban J connectivity index is 1.92. The third-order valence-corrected chi connectivity index (χ3v) is 2.82. The summed E-state index contributed by atoms with van der Waals surface area (Å²) >= 11 is 0. The molecule has 1 aromatic rings. The Kier molecular flexibility index (Phi) is 4.76. The molecule has 2 rings (SSSR count). The first-order chi connectivity index (χ1) is 10.1. The lowest BCUT2D eigenvalue weighted by Crippen LogP contribution is -2.38. The fraction of sp³-hybridized carbons (Fsp3) is 0.357. The van der Waals surface area contributed by atoms with Gasteiger partial charge in [0.2, 0.25) is 0 Å². The summed E-state index contributed by atoms with van der Waals surface area (Å²) in [5.41, 5.74) is 2.49. The summed E-state index contributed by atoms with van der Waals surface area (Å²) in [5.74, 6) is -1.28. The fourth-order valence-corrected chi connectivity index (χ4v) is 1.61. The van der Waals surface area contributed by atoms with Crippen LogP contribution in [0.15, 0.2) is 23.3 Å². The number of amides is 2. The van der Waals surface area contributed by atoms with Crippen LogP contribution >= 0.6 is 0 Å². The van der Waals surface area contributed by atoms with Crippen molar-refractivity contribution in [2.24, 2.45) is 5.10 Å². The summed E-state index contributed by atoms with van der Waals surface area (Å²) in [5, 5.41) is 16.1. The van der Waals surface area contributed by atoms with Crippen LogP contribution in [0.25, 0.3) is 0 Å². The molecule has 0 heterocycles. The molecule has 7 nitrogen and oxygen atoms in total. The van der Waals surface area contributed by atoms with Crippen molar-refractivity contribution in [1.29, 1.82) is 0 Å². The Morgan fingerprint density at radius 3 is 2.86 bits per heavy atom. The van der Waals surface area contributed by atoms with Gasteiger partial charge in [0.1, 0.15) is 0 Å². The average Bonchev–Trinajstić information content (AvgIpc) is 3.26. The Bertz CT molecular complexity index is 567. The maximum absolute atomic E-state index is 11.4. The number of phenolic OH excluding ortho intramolecular Hbond substituents is 1.